The Morgan fingerprint density at radius 2 is 2.00 bits per heavy atom. The van der Waals surface area contributed by atoms with Gasteiger partial charge in [0.25, 0.3) is 0 Å². The number of carbonyl (C=O) groups excluding carboxylic acids is 1. The zero-order valence-corrected chi connectivity index (χ0v) is 11.9. The van der Waals surface area contributed by atoms with Crippen molar-refractivity contribution >= 4 is 50.2 Å². The van der Waals surface area contributed by atoms with Crippen molar-refractivity contribution < 1.29 is 9.53 Å². The van der Waals surface area contributed by atoms with Crippen molar-refractivity contribution in [2.24, 2.45) is 5.73 Å². The van der Waals surface area contributed by atoms with Crippen molar-refractivity contribution in [3.63, 3.8) is 0 Å². The van der Waals surface area contributed by atoms with Gasteiger partial charge in [-0.25, -0.2) is 0 Å². The highest BCUT2D eigenvalue weighted by molar-refractivity contribution is 9.13. The Morgan fingerprint density at radius 3 is 2.47 bits per heavy atom. The number of methoxy groups -OCH3 is 1. The molecule has 0 heterocycles. The summed E-state index contributed by atoms with van der Waals surface area (Å²) in [5.74, 6) is -0.445. The number of hydrogen-bond acceptors (Lipinski definition) is 3. The van der Waals surface area contributed by atoms with Crippen molar-refractivity contribution in [2.45, 2.75) is 6.04 Å². The van der Waals surface area contributed by atoms with Gasteiger partial charge in [-0.3, -0.25) is 4.79 Å². The zero-order valence-electron chi connectivity index (χ0n) is 7.87. The second kappa shape index (κ2) is 6.48. The second-order valence-electron chi connectivity index (χ2n) is 2.67. The van der Waals surface area contributed by atoms with Crippen LogP contribution >= 0.6 is 44.3 Å². The van der Waals surface area contributed by atoms with Gasteiger partial charge in [0.1, 0.15) is 6.04 Å². The van der Waals surface area contributed by atoms with E-state index in [-0.39, 0.29) is 12.4 Å². The van der Waals surface area contributed by atoms with E-state index in [0.717, 1.165) is 8.95 Å². The van der Waals surface area contributed by atoms with Gasteiger partial charge < -0.3 is 10.5 Å². The first-order chi connectivity index (χ1) is 6.56. The van der Waals surface area contributed by atoms with Crippen LogP contribution in [0.3, 0.4) is 0 Å². The van der Waals surface area contributed by atoms with E-state index >= 15 is 0 Å². The van der Waals surface area contributed by atoms with Gasteiger partial charge in [-0.05, 0) is 49.6 Å². The Bertz CT molecular complexity index is 360. The minimum absolute atomic E-state index is 0. The van der Waals surface area contributed by atoms with Crippen LogP contribution in [-0.2, 0) is 9.53 Å². The fourth-order valence-electron chi connectivity index (χ4n) is 0.969. The summed E-state index contributed by atoms with van der Waals surface area (Å²) in [6.07, 6.45) is 0. The zero-order chi connectivity index (χ0) is 10.7. The van der Waals surface area contributed by atoms with E-state index in [1.54, 1.807) is 12.1 Å². The minimum Gasteiger partial charge on any atom is -0.468 e. The lowest BCUT2D eigenvalue weighted by molar-refractivity contribution is -0.142. The van der Waals surface area contributed by atoms with Gasteiger partial charge in [0.05, 0.1) is 7.11 Å². The van der Waals surface area contributed by atoms with Gasteiger partial charge in [-0.15, -0.1) is 12.4 Å². The molecule has 6 heteroatoms. The lowest BCUT2D eigenvalue weighted by Gasteiger charge is -2.10. The average molecular weight is 359 g/mol. The molecule has 0 aliphatic rings. The fourth-order valence-corrected chi connectivity index (χ4v) is 1.61. The summed E-state index contributed by atoms with van der Waals surface area (Å²) in [5, 5.41) is 0. The normalized spacial score (nSPS) is 11.5. The number of halogens is 3. The third-order valence-electron chi connectivity index (χ3n) is 1.76. The average Bonchev–Trinajstić information content (AvgIpc) is 2.20. The quantitative estimate of drug-likeness (QED) is 0.826. The maximum absolute atomic E-state index is 11.1. The summed E-state index contributed by atoms with van der Waals surface area (Å²) in [5.41, 5.74) is 6.37. The molecule has 0 saturated heterocycles. The minimum atomic E-state index is -0.732. The van der Waals surface area contributed by atoms with Crippen molar-refractivity contribution in [3.05, 3.63) is 32.7 Å². The Hall–Kier alpha value is -0.100. The van der Waals surface area contributed by atoms with Gasteiger partial charge in [0.2, 0.25) is 0 Å². The number of esters is 1. The summed E-state index contributed by atoms with van der Waals surface area (Å²) in [6, 6.07) is 4.65. The van der Waals surface area contributed by atoms with E-state index in [1.807, 2.05) is 6.07 Å². The van der Waals surface area contributed by atoms with Gasteiger partial charge >= 0.3 is 5.97 Å². The van der Waals surface area contributed by atoms with Gasteiger partial charge in [-0.1, -0.05) is 6.07 Å². The van der Waals surface area contributed by atoms with Crippen molar-refractivity contribution in [3.8, 4) is 0 Å². The molecule has 0 radical (unpaired) electrons. The maximum Gasteiger partial charge on any atom is 0.327 e. The first-order valence-corrected chi connectivity index (χ1v) is 5.43. The first-order valence-electron chi connectivity index (χ1n) is 3.84. The van der Waals surface area contributed by atoms with E-state index in [9.17, 15) is 4.79 Å². The molecule has 0 unspecified atom stereocenters. The molecule has 0 aromatic heterocycles. The summed E-state index contributed by atoms with van der Waals surface area (Å²) >= 11 is 6.66. The molecule has 0 bridgehead atoms. The molecule has 1 aromatic carbocycles. The van der Waals surface area contributed by atoms with Crippen LogP contribution < -0.4 is 5.73 Å². The molecule has 0 aliphatic carbocycles. The monoisotopic (exact) mass is 357 g/mol. The standard InChI is InChI=1S/C9H9Br2NO2.ClH/c1-14-9(13)8(12)5-2-3-6(10)7(11)4-5;/h2-4,8H,12H2,1H3;1H/t8-;/m0./s1. The molecule has 0 aliphatic heterocycles. The second-order valence-corrected chi connectivity index (χ2v) is 4.38. The molecule has 1 aromatic rings. The van der Waals surface area contributed by atoms with Gasteiger partial charge in [-0.2, -0.15) is 0 Å². The van der Waals surface area contributed by atoms with Crippen LogP contribution in [0.25, 0.3) is 0 Å². The summed E-state index contributed by atoms with van der Waals surface area (Å²) in [7, 11) is 1.32. The van der Waals surface area contributed by atoms with Crippen LogP contribution in [0, 0.1) is 0 Å². The third kappa shape index (κ3) is 3.75. The maximum atomic E-state index is 11.1. The van der Waals surface area contributed by atoms with Crippen LogP contribution in [0.1, 0.15) is 11.6 Å². The van der Waals surface area contributed by atoms with E-state index < -0.39 is 12.0 Å². The van der Waals surface area contributed by atoms with Crippen LogP contribution in [0.4, 0.5) is 0 Å². The molecule has 3 nitrogen and oxygen atoms in total. The summed E-state index contributed by atoms with van der Waals surface area (Å²) < 4.78 is 6.32. The Kier molecular flexibility index (Phi) is 6.43. The molecule has 0 saturated carbocycles. The lowest BCUT2D eigenvalue weighted by atomic mass is 10.1. The Labute approximate surface area is 111 Å². The van der Waals surface area contributed by atoms with Crippen molar-refractivity contribution in [1.82, 2.24) is 0 Å². The first kappa shape index (κ1) is 14.9. The molecule has 2 N–H and O–H groups in total. The summed E-state index contributed by atoms with van der Waals surface area (Å²) in [4.78, 5) is 11.1. The number of ether oxygens (including phenoxy) is 1. The molecule has 0 amide bonds. The van der Waals surface area contributed by atoms with Gasteiger partial charge in [0.15, 0.2) is 0 Å². The van der Waals surface area contributed by atoms with E-state index in [2.05, 4.69) is 36.6 Å². The number of nitrogens with two attached hydrogens (primary N) is 1. The van der Waals surface area contributed by atoms with Crippen LogP contribution in [0.15, 0.2) is 27.1 Å². The molecule has 0 fully saturated rings. The molecule has 1 rings (SSSR count). The SMILES string of the molecule is COC(=O)[C@@H](N)c1ccc(Br)c(Br)c1.Cl. The number of rotatable bonds is 2. The van der Waals surface area contributed by atoms with Crippen LogP contribution in [0.5, 0.6) is 0 Å². The number of benzene rings is 1. The highest BCUT2D eigenvalue weighted by Crippen LogP contribution is 2.26. The van der Waals surface area contributed by atoms with E-state index in [0.29, 0.717) is 5.56 Å². The highest BCUT2D eigenvalue weighted by Gasteiger charge is 2.16. The Balaban J connectivity index is 0.00000196. The number of carbonyl (C=O) groups is 1. The van der Waals surface area contributed by atoms with Crippen LogP contribution in [-0.4, -0.2) is 13.1 Å². The molecule has 1 atom stereocenters. The number of hydrogen-bond donors (Lipinski definition) is 1. The van der Waals surface area contributed by atoms with Crippen molar-refractivity contribution in [1.29, 1.82) is 0 Å². The summed E-state index contributed by atoms with van der Waals surface area (Å²) in [6.45, 7) is 0. The predicted octanol–water partition coefficient (Wildman–Crippen LogP) is 2.81. The fraction of sp³-hybridized carbons (Fsp3) is 0.222. The van der Waals surface area contributed by atoms with Crippen molar-refractivity contribution in [2.75, 3.05) is 7.11 Å². The molecule has 0 spiro atoms. The topological polar surface area (TPSA) is 52.3 Å². The van der Waals surface area contributed by atoms with E-state index in [4.69, 9.17) is 5.73 Å². The molecule has 84 valence electrons. The molecule has 15 heavy (non-hydrogen) atoms. The Morgan fingerprint density at radius 1 is 1.40 bits per heavy atom. The van der Waals surface area contributed by atoms with E-state index in [1.165, 1.54) is 7.11 Å². The smallest absolute Gasteiger partial charge is 0.327 e. The molecular weight excluding hydrogens is 349 g/mol. The lowest BCUT2D eigenvalue weighted by Crippen LogP contribution is -2.22. The van der Waals surface area contributed by atoms with Crippen LogP contribution in [0.2, 0.25) is 0 Å². The highest BCUT2D eigenvalue weighted by atomic mass is 79.9. The predicted molar refractivity (Wildman–Crippen MR) is 68.0 cm³/mol. The molecular formula is C9H10Br2ClNO2. The van der Waals surface area contributed by atoms with Gasteiger partial charge in [0, 0.05) is 8.95 Å². The largest absolute Gasteiger partial charge is 0.468 e. The third-order valence-corrected chi connectivity index (χ3v) is 3.64.